The van der Waals surface area contributed by atoms with Crippen molar-refractivity contribution in [3.63, 3.8) is 0 Å². The average molecular weight is 601 g/mol. The van der Waals surface area contributed by atoms with Crippen molar-refractivity contribution in [1.29, 1.82) is 0 Å². The van der Waals surface area contributed by atoms with Gasteiger partial charge in [-0.25, -0.2) is 18.0 Å². The molecule has 4 rings (SSSR count). The van der Waals surface area contributed by atoms with Crippen LogP contribution < -0.4 is 5.32 Å². The molecule has 3 aromatic carbocycles. The minimum absolute atomic E-state index is 0.0791. The molecule has 0 saturated carbocycles. The van der Waals surface area contributed by atoms with E-state index >= 15 is 0 Å². The summed E-state index contributed by atoms with van der Waals surface area (Å²) in [7, 11) is -3.77. The highest BCUT2D eigenvalue weighted by Gasteiger charge is 2.41. The first-order valence-electron chi connectivity index (χ1n) is 12.1. The number of carboxylic acid groups (broad SMARTS) is 1. The molecule has 42 heavy (non-hydrogen) atoms. The van der Waals surface area contributed by atoms with E-state index in [0.29, 0.717) is 0 Å². The lowest BCUT2D eigenvalue weighted by Gasteiger charge is -2.20. The van der Waals surface area contributed by atoms with Crippen molar-refractivity contribution in [2.75, 3.05) is 19.3 Å². The molecule has 220 valence electrons. The number of aromatic hydroxyl groups is 4. The number of carbonyl (C=O) groups excluding carboxylic acids is 3. The molecule has 1 saturated heterocycles. The van der Waals surface area contributed by atoms with Gasteiger partial charge in [0, 0.05) is 12.1 Å². The summed E-state index contributed by atoms with van der Waals surface area (Å²) in [6.45, 7) is -0.568. The van der Waals surface area contributed by atoms with Crippen molar-refractivity contribution >= 4 is 33.7 Å². The second-order valence-corrected chi connectivity index (χ2v) is 11.4. The number of esters is 1. The van der Waals surface area contributed by atoms with Gasteiger partial charge in [0.25, 0.3) is 5.91 Å². The van der Waals surface area contributed by atoms with Crippen molar-refractivity contribution < 1.29 is 57.9 Å². The minimum atomic E-state index is -3.77. The number of hydrogen-bond acceptors (Lipinski definition) is 11. The summed E-state index contributed by atoms with van der Waals surface area (Å²) < 4.78 is 30.7. The third-order valence-electron chi connectivity index (χ3n) is 6.47. The van der Waals surface area contributed by atoms with Crippen molar-refractivity contribution in [1.82, 2.24) is 9.62 Å². The van der Waals surface area contributed by atoms with Gasteiger partial charge >= 0.3 is 11.9 Å². The number of phenolic OH excluding ortho intramolecular Hbond substituents is 4. The van der Waals surface area contributed by atoms with Gasteiger partial charge in [0.1, 0.15) is 34.7 Å². The Morgan fingerprint density at radius 2 is 1.48 bits per heavy atom. The minimum Gasteiger partial charge on any atom is -0.508 e. The molecular weight excluding hydrogens is 576 g/mol. The van der Waals surface area contributed by atoms with Crippen LogP contribution in [0.1, 0.15) is 47.0 Å². The van der Waals surface area contributed by atoms with Crippen LogP contribution in [0.4, 0.5) is 0 Å². The van der Waals surface area contributed by atoms with Crippen LogP contribution in [0.3, 0.4) is 0 Å². The van der Waals surface area contributed by atoms with Gasteiger partial charge in [0.05, 0.1) is 35.5 Å². The van der Waals surface area contributed by atoms with Crippen molar-refractivity contribution in [2.45, 2.75) is 12.1 Å². The topological polar surface area (TPSA) is 228 Å². The Morgan fingerprint density at radius 3 is 2.05 bits per heavy atom. The fourth-order valence-corrected chi connectivity index (χ4v) is 5.23. The van der Waals surface area contributed by atoms with Gasteiger partial charge < -0.3 is 35.6 Å². The van der Waals surface area contributed by atoms with E-state index in [-0.39, 0.29) is 24.4 Å². The molecule has 2 atom stereocenters. The van der Waals surface area contributed by atoms with E-state index in [1.807, 2.05) is 0 Å². The fraction of sp³-hybridized carbons (Fsp3) is 0.185. The number of nitrogens with one attached hydrogen (secondary N) is 1. The first kappa shape index (κ1) is 29.8. The maximum Gasteiger partial charge on any atom is 0.338 e. The molecule has 6 N–H and O–H groups in total. The maximum atomic E-state index is 13.0. The quantitative estimate of drug-likeness (QED) is 0.157. The van der Waals surface area contributed by atoms with Gasteiger partial charge in [-0.2, -0.15) is 4.31 Å². The highest BCUT2D eigenvalue weighted by atomic mass is 32.2. The summed E-state index contributed by atoms with van der Waals surface area (Å²) in [5, 5.41) is 52.5. The molecule has 0 radical (unpaired) electrons. The normalized spacial score (nSPS) is 17.0. The van der Waals surface area contributed by atoms with Crippen LogP contribution in [0.25, 0.3) is 0 Å². The van der Waals surface area contributed by atoms with Crippen LogP contribution in [0.5, 0.6) is 23.0 Å². The zero-order valence-electron chi connectivity index (χ0n) is 21.7. The molecule has 0 unspecified atom stereocenters. The number of hydrogen-bond donors (Lipinski definition) is 6. The van der Waals surface area contributed by atoms with Gasteiger partial charge in [-0.1, -0.05) is 6.07 Å². The Bertz CT molecular complexity index is 1680. The van der Waals surface area contributed by atoms with Gasteiger partial charge in [-0.3, -0.25) is 9.59 Å². The number of carbonyl (C=O) groups is 4. The molecule has 0 aromatic heterocycles. The Morgan fingerprint density at radius 1 is 0.857 bits per heavy atom. The molecule has 15 heteroatoms. The standard InChI is InChI=1S/C27H24N2O12S/c1-42(39,40)29-11-17(28-25(35)13-5-7-15(30)8-6-13)21(12-29)41-27(38)14-9-19(32)23(20(33)10-14)24(34)22-16(26(36)37)3-2-4-18(22)31/h2-10,17,21,30-33H,11-12H2,1H3,(H,28,35)(H,36,37)/t17-,21-/m0/s1. The molecule has 0 bridgehead atoms. The lowest BCUT2D eigenvalue weighted by atomic mass is 9.95. The number of benzene rings is 3. The number of aromatic carboxylic acids is 1. The summed E-state index contributed by atoms with van der Waals surface area (Å²) in [6.07, 6.45) is -0.277. The zero-order chi connectivity index (χ0) is 30.9. The monoisotopic (exact) mass is 600 g/mol. The Kier molecular flexibility index (Phi) is 8.08. The third-order valence-corrected chi connectivity index (χ3v) is 7.70. The first-order valence-corrected chi connectivity index (χ1v) is 13.9. The van der Waals surface area contributed by atoms with Gasteiger partial charge in [-0.15, -0.1) is 0 Å². The van der Waals surface area contributed by atoms with E-state index < -0.39 is 85.3 Å². The summed E-state index contributed by atoms with van der Waals surface area (Å²) in [6, 6.07) is 9.00. The molecule has 1 fully saturated rings. The second-order valence-electron chi connectivity index (χ2n) is 9.37. The van der Waals surface area contributed by atoms with Crippen molar-refractivity contribution in [3.8, 4) is 23.0 Å². The lowest BCUT2D eigenvalue weighted by Crippen LogP contribution is -2.44. The summed E-state index contributed by atoms with van der Waals surface area (Å²) >= 11 is 0. The van der Waals surface area contributed by atoms with Crippen LogP contribution in [-0.2, 0) is 14.8 Å². The Balaban J connectivity index is 1.59. The van der Waals surface area contributed by atoms with Crippen molar-refractivity contribution in [2.24, 2.45) is 0 Å². The fourth-order valence-electron chi connectivity index (χ4n) is 4.38. The number of nitrogens with zero attached hydrogens (tertiary/aromatic N) is 1. The number of sulfonamides is 1. The molecule has 1 aliphatic rings. The largest absolute Gasteiger partial charge is 0.508 e. The van der Waals surface area contributed by atoms with Gasteiger partial charge in [-0.05, 0) is 48.5 Å². The van der Waals surface area contributed by atoms with Crippen molar-refractivity contribution in [3.05, 3.63) is 82.4 Å². The number of phenols is 4. The van der Waals surface area contributed by atoms with Gasteiger partial charge in [0.15, 0.2) is 0 Å². The first-order chi connectivity index (χ1) is 19.7. The summed E-state index contributed by atoms with van der Waals surface area (Å²) in [5.74, 6) is -7.26. The highest BCUT2D eigenvalue weighted by molar-refractivity contribution is 7.88. The van der Waals surface area contributed by atoms with Crippen LogP contribution in [0.15, 0.2) is 54.6 Å². The molecular formula is C27H24N2O12S. The number of ketones is 1. The summed E-state index contributed by atoms with van der Waals surface area (Å²) in [4.78, 5) is 50.3. The molecule has 1 heterocycles. The SMILES string of the molecule is CS(=O)(=O)N1C[C@H](NC(=O)c2ccc(O)cc2)[C@@H](OC(=O)c2cc(O)c(C(=O)c3c(O)cccc3C(=O)O)c(O)c2)C1. The maximum absolute atomic E-state index is 13.0. The Hall–Kier alpha value is -5.15. The number of amides is 1. The third kappa shape index (κ3) is 6.11. The van der Waals surface area contributed by atoms with Crippen LogP contribution in [-0.4, -0.2) is 93.4 Å². The van der Waals surface area contributed by atoms with Crippen LogP contribution in [0, 0.1) is 0 Å². The van der Waals surface area contributed by atoms with E-state index in [1.54, 1.807) is 0 Å². The molecule has 0 aliphatic carbocycles. The number of carboxylic acids is 1. The van der Waals surface area contributed by atoms with E-state index in [9.17, 15) is 53.1 Å². The Labute approximate surface area is 238 Å². The molecule has 0 spiro atoms. The predicted octanol–water partition coefficient (Wildman–Crippen LogP) is 1.04. The average Bonchev–Trinajstić information content (AvgIpc) is 3.30. The predicted molar refractivity (Wildman–Crippen MR) is 143 cm³/mol. The van der Waals surface area contributed by atoms with E-state index in [0.717, 1.165) is 34.8 Å². The molecule has 14 nitrogen and oxygen atoms in total. The molecule has 1 aliphatic heterocycles. The van der Waals surface area contributed by atoms with Crippen LogP contribution >= 0.6 is 0 Å². The highest BCUT2D eigenvalue weighted by Crippen LogP contribution is 2.35. The van der Waals surface area contributed by atoms with Gasteiger partial charge in [0.2, 0.25) is 15.8 Å². The van der Waals surface area contributed by atoms with Crippen LogP contribution in [0.2, 0.25) is 0 Å². The number of ether oxygens (including phenoxy) is 1. The molecule has 3 aromatic rings. The molecule has 1 amide bonds. The summed E-state index contributed by atoms with van der Waals surface area (Å²) in [5.41, 5.74) is -2.41. The van der Waals surface area contributed by atoms with E-state index in [1.165, 1.54) is 30.3 Å². The van der Waals surface area contributed by atoms with E-state index in [4.69, 9.17) is 4.74 Å². The zero-order valence-corrected chi connectivity index (χ0v) is 22.5. The smallest absolute Gasteiger partial charge is 0.338 e. The second kappa shape index (κ2) is 11.4. The lowest BCUT2D eigenvalue weighted by molar-refractivity contribution is 0.0275. The number of rotatable bonds is 8. The van der Waals surface area contributed by atoms with E-state index in [2.05, 4.69) is 5.32 Å².